The topological polar surface area (TPSA) is 68.1 Å². The molecule has 1 aromatic carbocycles. The van der Waals surface area contributed by atoms with E-state index >= 15 is 0 Å². The molecule has 1 saturated carbocycles. The number of benzene rings is 1. The first-order valence-corrected chi connectivity index (χ1v) is 12.4. The van der Waals surface area contributed by atoms with Crippen molar-refractivity contribution in [1.82, 2.24) is 18.8 Å². The minimum absolute atomic E-state index is 0.0838. The predicted octanol–water partition coefficient (Wildman–Crippen LogP) is 4.19. The molecule has 30 heavy (non-hydrogen) atoms. The van der Waals surface area contributed by atoms with E-state index in [4.69, 9.17) is 4.98 Å². The monoisotopic (exact) mass is 424 g/mol. The van der Waals surface area contributed by atoms with E-state index in [1.54, 1.807) is 22.6 Å². The van der Waals surface area contributed by atoms with Crippen LogP contribution in [-0.4, -0.2) is 40.3 Å². The van der Waals surface area contributed by atoms with Crippen LogP contribution in [0.15, 0.2) is 47.5 Å². The summed E-state index contributed by atoms with van der Waals surface area (Å²) in [5.74, 6) is 1.58. The largest absolute Gasteiger partial charge is 0.316 e. The van der Waals surface area contributed by atoms with Crippen molar-refractivity contribution >= 4 is 21.2 Å². The third-order valence-electron chi connectivity index (χ3n) is 6.77. The Morgan fingerprint density at radius 2 is 1.73 bits per heavy atom. The Balaban J connectivity index is 1.34. The van der Waals surface area contributed by atoms with Crippen molar-refractivity contribution in [2.24, 2.45) is 7.05 Å². The van der Waals surface area contributed by atoms with Crippen molar-refractivity contribution < 1.29 is 8.42 Å². The van der Waals surface area contributed by atoms with Gasteiger partial charge < -0.3 is 4.57 Å². The molecule has 1 aliphatic carbocycles. The number of hydrogen-bond donors (Lipinski definition) is 0. The normalized spacial score (nSPS) is 21.4. The molecule has 1 aliphatic heterocycles. The van der Waals surface area contributed by atoms with E-state index in [-0.39, 0.29) is 5.92 Å². The van der Waals surface area contributed by atoms with Gasteiger partial charge in [0.15, 0.2) is 5.65 Å². The van der Waals surface area contributed by atoms with Crippen molar-refractivity contribution in [3.63, 3.8) is 0 Å². The van der Waals surface area contributed by atoms with Gasteiger partial charge in [-0.3, -0.25) is 0 Å². The smallest absolute Gasteiger partial charge is 0.243 e. The van der Waals surface area contributed by atoms with Gasteiger partial charge in [0.2, 0.25) is 10.0 Å². The molecular weight excluding hydrogens is 396 g/mol. The van der Waals surface area contributed by atoms with Crippen LogP contribution in [0.1, 0.15) is 61.7 Å². The molecule has 6 nitrogen and oxygen atoms in total. The molecule has 1 saturated heterocycles. The van der Waals surface area contributed by atoms with Gasteiger partial charge >= 0.3 is 0 Å². The van der Waals surface area contributed by atoms with Crippen LogP contribution in [0, 0.1) is 0 Å². The highest BCUT2D eigenvalue weighted by molar-refractivity contribution is 7.89. The van der Waals surface area contributed by atoms with Crippen LogP contribution >= 0.6 is 0 Å². The van der Waals surface area contributed by atoms with Crippen molar-refractivity contribution in [2.45, 2.75) is 55.3 Å². The molecular formula is C23H28N4O2S. The van der Waals surface area contributed by atoms with Crippen molar-refractivity contribution in [3.8, 4) is 0 Å². The standard InChI is InChI=1S/C23H28N4O2S/c1-26-22(25-21-8-5-14-24-23(21)26)19-13-15-27(16-19)30(28,29)20-11-9-18(10-12-20)17-6-3-2-4-7-17/h5,8-12,14,17,19H,2-4,6-7,13,15-16H2,1H3/t19-/m0/s1. The highest BCUT2D eigenvalue weighted by atomic mass is 32.2. The van der Waals surface area contributed by atoms with E-state index in [0.29, 0.717) is 23.9 Å². The third-order valence-corrected chi connectivity index (χ3v) is 8.65. The van der Waals surface area contributed by atoms with Gasteiger partial charge in [0.1, 0.15) is 11.3 Å². The fourth-order valence-corrected chi connectivity index (χ4v) is 6.56. The summed E-state index contributed by atoms with van der Waals surface area (Å²) in [6.45, 7) is 0.984. The number of pyridine rings is 1. The summed E-state index contributed by atoms with van der Waals surface area (Å²) in [5, 5.41) is 0. The van der Waals surface area contributed by atoms with Crippen molar-refractivity contribution in [2.75, 3.05) is 13.1 Å². The van der Waals surface area contributed by atoms with Crippen LogP contribution in [0.3, 0.4) is 0 Å². The quantitative estimate of drug-likeness (QED) is 0.630. The molecule has 7 heteroatoms. The number of hydrogen-bond acceptors (Lipinski definition) is 4. The zero-order chi connectivity index (χ0) is 20.7. The first-order valence-electron chi connectivity index (χ1n) is 10.9. The Kier molecular flexibility index (Phi) is 5.11. The molecule has 0 unspecified atom stereocenters. The van der Waals surface area contributed by atoms with Crippen LogP contribution in [0.2, 0.25) is 0 Å². The average Bonchev–Trinajstić information content (AvgIpc) is 3.40. The Bertz CT molecular complexity index is 1150. The highest BCUT2D eigenvalue weighted by Gasteiger charge is 2.35. The van der Waals surface area contributed by atoms with Crippen LogP contribution in [-0.2, 0) is 17.1 Å². The van der Waals surface area contributed by atoms with Gasteiger partial charge in [-0.2, -0.15) is 4.31 Å². The first kappa shape index (κ1) is 19.7. The lowest BCUT2D eigenvalue weighted by Crippen LogP contribution is -2.29. The number of sulfonamides is 1. The third kappa shape index (κ3) is 3.44. The summed E-state index contributed by atoms with van der Waals surface area (Å²) in [7, 11) is -1.53. The van der Waals surface area contributed by atoms with E-state index in [1.165, 1.54) is 37.7 Å². The van der Waals surface area contributed by atoms with Gasteiger partial charge in [-0.1, -0.05) is 31.4 Å². The Morgan fingerprint density at radius 3 is 2.47 bits per heavy atom. The Morgan fingerprint density at radius 1 is 0.967 bits per heavy atom. The number of imidazole rings is 1. The lowest BCUT2D eigenvalue weighted by Gasteiger charge is -2.22. The lowest BCUT2D eigenvalue weighted by molar-refractivity contribution is 0.443. The second-order valence-electron chi connectivity index (χ2n) is 8.63. The van der Waals surface area contributed by atoms with Crippen LogP contribution < -0.4 is 0 Å². The summed E-state index contributed by atoms with van der Waals surface area (Å²) >= 11 is 0. The maximum absolute atomic E-state index is 13.2. The maximum atomic E-state index is 13.2. The lowest BCUT2D eigenvalue weighted by atomic mass is 9.84. The highest BCUT2D eigenvalue weighted by Crippen LogP contribution is 2.35. The number of nitrogens with zero attached hydrogens (tertiary/aromatic N) is 4. The Labute approximate surface area is 178 Å². The summed E-state index contributed by atoms with van der Waals surface area (Å²) in [6.07, 6.45) is 8.84. The molecule has 0 spiro atoms. The summed E-state index contributed by atoms with van der Waals surface area (Å²) in [4.78, 5) is 9.53. The van der Waals surface area contributed by atoms with Gasteiger partial charge in [0.25, 0.3) is 0 Å². The molecule has 5 rings (SSSR count). The van der Waals surface area contributed by atoms with Crippen molar-refractivity contribution in [1.29, 1.82) is 0 Å². The molecule has 1 atom stereocenters. The number of aromatic nitrogens is 3. The number of rotatable bonds is 4. The molecule has 0 radical (unpaired) electrons. The SMILES string of the molecule is Cn1c([C@H]2CCN(S(=O)(=O)c3ccc(C4CCCCC4)cc3)C2)nc2cccnc21. The summed E-state index contributed by atoms with van der Waals surface area (Å²) in [6, 6.07) is 11.5. The minimum atomic E-state index is -3.49. The van der Waals surface area contributed by atoms with E-state index < -0.39 is 10.0 Å². The fraction of sp³-hybridized carbons (Fsp3) is 0.478. The predicted molar refractivity (Wildman–Crippen MR) is 117 cm³/mol. The van der Waals surface area contributed by atoms with E-state index in [0.717, 1.165) is 23.4 Å². The van der Waals surface area contributed by atoms with Gasteiger partial charge in [0, 0.05) is 32.3 Å². The van der Waals surface area contributed by atoms with Gasteiger partial charge in [-0.05, 0) is 55.0 Å². The first-order chi connectivity index (χ1) is 14.5. The summed E-state index contributed by atoms with van der Waals surface area (Å²) in [5.41, 5.74) is 2.97. The summed E-state index contributed by atoms with van der Waals surface area (Å²) < 4.78 is 30.1. The second kappa shape index (κ2) is 7.78. The molecule has 158 valence electrons. The molecule has 2 fully saturated rings. The number of aryl methyl sites for hydroxylation is 1. The minimum Gasteiger partial charge on any atom is -0.316 e. The van der Waals surface area contributed by atoms with Crippen LogP contribution in [0.25, 0.3) is 11.2 Å². The molecule has 3 heterocycles. The van der Waals surface area contributed by atoms with Crippen LogP contribution in [0.4, 0.5) is 0 Å². The molecule has 0 N–H and O–H groups in total. The van der Waals surface area contributed by atoms with Crippen molar-refractivity contribution in [3.05, 3.63) is 54.0 Å². The van der Waals surface area contributed by atoms with Gasteiger partial charge in [-0.15, -0.1) is 0 Å². The molecule has 0 bridgehead atoms. The maximum Gasteiger partial charge on any atom is 0.243 e. The van der Waals surface area contributed by atoms with Gasteiger partial charge in [0.05, 0.1) is 4.90 Å². The second-order valence-corrected chi connectivity index (χ2v) is 10.6. The molecule has 0 amide bonds. The zero-order valence-electron chi connectivity index (χ0n) is 17.4. The van der Waals surface area contributed by atoms with Crippen LogP contribution in [0.5, 0.6) is 0 Å². The van der Waals surface area contributed by atoms with E-state index in [1.807, 2.05) is 35.9 Å². The van der Waals surface area contributed by atoms with E-state index in [9.17, 15) is 8.42 Å². The van der Waals surface area contributed by atoms with E-state index in [2.05, 4.69) is 4.98 Å². The number of fused-ring (bicyclic) bond motifs is 1. The molecule has 2 aromatic heterocycles. The fourth-order valence-electron chi connectivity index (χ4n) is 5.06. The van der Waals surface area contributed by atoms with Gasteiger partial charge in [-0.25, -0.2) is 18.4 Å². The average molecular weight is 425 g/mol. The Hall–Kier alpha value is -2.25. The molecule has 3 aromatic rings. The molecule has 2 aliphatic rings. The zero-order valence-corrected chi connectivity index (χ0v) is 18.2.